The number of carbonyl (C=O) groups is 2. The summed E-state index contributed by atoms with van der Waals surface area (Å²) in [5, 5.41) is 0.489. The molecule has 0 heterocycles. The van der Waals surface area contributed by atoms with Crippen molar-refractivity contribution in [2.45, 2.75) is 18.7 Å². The van der Waals surface area contributed by atoms with Crippen molar-refractivity contribution >= 4 is 41.3 Å². The van der Waals surface area contributed by atoms with Crippen LogP contribution in [0.1, 0.15) is 11.1 Å². The zero-order chi connectivity index (χ0) is 20.0. The summed E-state index contributed by atoms with van der Waals surface area (Å²) in [4.78, 5) is 27.6. The number of amidine groups is 1. The lowest BCUT2D eigenvalue weighted by molar-refractivity contribution is -0.112. The zero-order valence-electron chi connectivity index (χ0n) is 14.9. The fourth-order valence-electron chi connectivity index (χ4n) is 1.84. The maximum Gasteiger partial charge on any atom is 0.435 e. The molecule has 1 rings (SSSR count). The highest BCUT2D eigenvalue weighted by molar-refractivity contribution is 7.89. The van der Waals surface area contributed by atoms with Gasteiger partial charge in [-0.1, -0.05) is 11.6 Å². The lowest BCUT2D eigenvalue weighted by Crippen LogP contribution is -2.29. The van der Waals surface area contributed by atoms with Crippen LogP contribution in [0.25, 0.3) is 0 Å². The molecule has 1 aromatic rings. The van der Waals surface area contributed by atoms with Crippen LogP contribution in [-0.2, 0) is 20.9 Å². The lowest BCUT2D eigenvalue weighted by atomic mass is 10.2. The Bertz CT molecular complexity index is 755. The molecular weight excluding hydrogens is 385 g/mol. The Hall–Kier alpha value is -2.10. The SMILES string of the molecule is COC(=O)/N=C(\C(F)=C/N(C=O)[S+]([O-])c1cc(C)c(Cl)cc1C)N(C)C. The molecule has 0 aliphatic carbocycles. The van der Waals surface area contributed by atoms with E-state index in [0.29, 0.717) is 31.6 Å². The zero-order valence-corrected chi connectivity index (χ0v) is 16.5. The second kappa shape index (κ2) is 9.56. The predicted molar refractivity (Wildman–Crippen MR) is 98.0 cm³/mol. The molecule has 0 aliphatic rings. The van der Waals surface area contributed by atoms with Gasteiger partial charge >= 0.3 is 6.09 Å². The number of likely N-dealkylation sites (N-methyl/N-ethyl adjacent to an activating group) is 1. The summed E-state index contributed by atoms with van der Waals surface area (Å²) in [6, 6.07) is 3.17. The first-order valence-electron chi connectivity index (χ1n) is 7.26. The molecule has 142 valence electrons. The molecule has 0 aromatic heterocycles. The Morgan fingerprint density at radius 1 is 1.35 bits per heavy atom. The van der Waals surface area contributed by atoms with Crippen molar-refractivity contribution in [2.75, 3.05) is 21.2 Å². The maximum atomic E-state index is 14.5. The quantitative estimate of drug-likeness (QED) is 0.326. The van der Waals surface area contributed by atoms with Crippen LogP contribution in [0, 0.1) is 13.8 Å². The van der Waals surface area contributed by atoms with Gasteiger partial charge in [0.25, 0.3) is 6.41 Å². The fourth-order valence-corrected chi connectivity index (χ4v) is 3.17. The Morgan fingerprint density at radius 3 is 2.46 bits per heavy atom. The molecule has 0 radical (unpaired) electrons. The van der Waals surface area contributed by atoms with E-state index >= 15 is 0 Å². The van der Waals surface area contributed by atoms with Crippen molar-refractivity contribution in [3.8, 4) is 0 Å². The molecule has 0 spiro atoms. The molecule has 1 aromatic carbocycles. The van der Waals surface area contributed by atoms with Crippen molar-refractivity contribution in [3.63, 3.8) is 0 Å². The fraction of sp³-hybridized carbons (Fsp3) is 0.312. The van der Waals surface area contributed by atoms with Crippen molar-refractivity contribution in [1.29, 1.82) is 0 Å². The largest absolute Gasteiger partial charge is 0.587 e. The van der Waals surface area contributed by atoms with E-state index < -0.39 is 23.3 Å². The lowest BCUT2D eigenvalue weighted by Gasteiger charge is -2.20. The van der Waals surface area contributed by atoms with Gasteiger partial charge in [0.05, 0.1) is 13.3 Å². The van der Waals surface area contributed by atoms with Gasteiger partial charge in [-0.25, -0.2) is 9.18 Å². The van der Waals surface area contributed by atoms with Gasteiger partial charge in [-0.3, -0.25) is 4.79 Å². The standard InChI is InChI=1S/C16H19ClFN3O4S/c1-10-7-14(11(2)6-12(10)17)26(24)21(9-22)8-13(18)15(20(3)4)19-16(23)25-5/h6-9H,1-5H3/b13-8+,19-15+. The first kappa shape index (κ1) is 21.9. The highest BCUT2D eigenvalue weighted by Gasteiger charge is 2.25. The van der Waals surface area contributed by atoms with Gasteiger partial charge in [0.2, 0.25) is 0 Å². The molecule has 0 saturated heterocycles. The molecule has 1 atom stereocenters. The molecule has 1 unspecified atom stereocenters. The van der Waals surface area contributed by atoms with E-state index in [1.807, 2.05) is 0 Å². The average molecular weight is 404 g/mol. The van der Waals surface area contributed by atoms with E-state index in [-0.39, 0.29) is 12.2 Å². The molecule has 0 N–H and O–H groups in total. The maximum absolute atomic E-state index is 14.5. The molecule has 0 bridgehead atoms. The van der Waals surface area contributed by atoms with Crippen molar-refractivity contribution < 1.29 is 23.3 Å². The van der Waals surface area contributed by atoms with Gasteiger partial charge in [0.15, 0.2) is 16.6 Å². The Labute approximate surface area is 159 Å². The molecule has 0 aliphatic heterocycles. The van der Waals surface area contributed by atoms with Gasteiger partial charge in [-0.05, 0) is 25.5 Å². The molecule has 0 saturated carbocycles. The second-order valence-corrected chi connectivity index (χ2v) is 7.13. The number of hydrogen-bond donors (Lipinski definition) is 0. The highest BCUT2D eigenvalue weighted by Crippen LogP contribution is 2.26. The third-order valence-electron chi connectivity index (χ3n) is 3.19. The number of hydrogen-bond acceptors (Lipinski definition) is 4. The number of ether oxygens (including phenoxy) is 1. The first-order valence-corrected chi connectivity index (χ1v) is 8.74. The highest BCUT2D eigenvalue weighted by atomic mass is 35.5. The molecule has 0 fully saturated rings. The van der Waals surface area contributed by atoms with E-state index in [9.17, 15) is 18.5 Å². The third kappa shape index (κ3) is 5.45. The van der Waals surface area contributed by atoms with Crippen LogP contribution in [0.4, 0.5) is 9.18 Å². The number of methoxy groups -OCH3 is 1. The molecule has 26 heavy (non-hydrogen) atoms. The number of benzene rings is 1. The van der Waals surface area contributed by atoms with E-state index in [0.717, 1.165) is 7.11 Å². The molecule has 7 nitrogen and oxygen atoms in total. The summed E-state index contributed by atoms with van der Waals surface area (Å²) in [5.41, 5.74) is 1.24. The number of nitrogens with zero attached hydrogens (tertiary/aromatic N) is 3. The summed E-state index contributed by atoms with van der Waals surface area (Å²) in [6.45, 7) is 3.39. The van der Waals surface area contributed by atoms with Crippen LogP contribution in [0.5, 0.6) is 0 Å². The van der Waals surface area contributed by atoms with Crippen LogP contribution in [-0.4, -0.2) is 53.3 Å². The van der Waals surface area contributed by atoms with E-state index in [4.69, 9.17) is 11.6 Å². The minimum Gasteiger partial charge on any atom is -0.587 e. The van der Waals surface area contributed by atoms with Crippen molar-refractivity contribution in [1.82, 2.24) is 9.21 Å². The van der Waals surface area contributed by atoms with Crippen molar-refractivity contribution in [2.24, 2.45) is 4.99 Å². The summed E-state index contributed by atoms with van der Waals surface area (Å²) >= 11 is 3.99. The van der Waals surface area contributed by atoms with Gasteiger partial charge in [-0.2, -0.15) is 4.99 Å². The monoisotopic (exact) mass is 403 g/mol. The normalized spacial score (nSPS) is 13.2. The van der Waals surface area contributed by atoms with Crippen LogP contribution in [0.15, 0.2) is 34.0 Å². The molecular formula is C16H19ClFN3O4S. The number of amides is 2. The number of rotatable bonds is 5. The van der Waals surface area contributed by atoms with Crippen LogP contribution in [0.2, 0.25) is 5.02 Å². The smallest absolute Gasteiger partial charge is 0.435 e. The van der Waals surface area contributed by atoms with Gasteiger partial charge < -0.3 is 14.2 Å². The van der Waals surface area contributed by atoms with Gasteiger partial charge in [-0.15, -0.1) is 4.31 Å². The Morgan fingerprint density at radius 2 is 1.96 bits per heavy atom. The minimum atomic E-state index is -2.02. The van der Waals surface area contributed by atoms with Crippen LogP contribution >= 0.6 is 11.6 Å². The van der Waals surface area contributed by atoms with Gasteiger partial charge in [0.1, 0.15) is 11.4 Å². The number of aliphatic imine (C=N–C) groups is 1. The van der Waals surface area contributed by atoms with Crippen molar-refractivity contribution in [3.05, 3.63) is 40.3 Å². The molecule has 10 heteroatoms. The first-order chi connectivity index (χ1) is 12.1. The summed E-state index contributed by atoms with van der Waals surface area (Å²) in [7, 11) is 3.99. The Kier molecular flexibility index (Phi) is 8.07. The average Bonchev–Trinajstić information content (AvgIpc) is 2.59. The summed E-state index contributed by atoms with van der Waals surface area (Å²) in [6.07, 6.45) is -0.0983. The number of aryl methyl sites for hydroxylation is 2. The summed E-state index contributed by atoms with van der Waals surface area (Å²) < 4.78 is 32.2. The second-order valence-electron chi connectivity index (χ2n) is 5.36. The third-order valence-corrected chi connectivity index (χ3v) is 4.99. The minimum absolute atomic E-state index is 0.213. The molecule has 2 amide bonds. The van der Waals surface area contributed by atoms with Crippen LogP contribution in [0.3, 0.4) is 0 Å². The van der Waals surface area contributed by atoms with Crippen LogP contribution < -0.4 is 0 Å². The van der Waals surface area contributed by atoms with Gasteiger partial charge in [0, 0.05) is 30.7 Å². The van der Waals surface area contributed by atoms with E-state index in [2.05, 4.69) is 9.73 Å². The van der Waals surface area contributed by atoms with E-state index in [1.165, 1.54) is 19.0 Å². The summed E-state index contributed by atoms with van der Waals surface area (Å²) in [5.74, 6) is -1.42. The topological polar surface area (TPSA) is 85.3 Å². The predicted octanol–water partition coefficient (Wildman–Crippen LogP) is 2.98. The van der Waals surface area contributed by atoms with E-state index in [1.54, 1.807) is 26.0 Å². The number of halogens is 2. The Balaban J connectivity index is 3.27. The number of carbonyl (C=O) groups excluding carboxylic acids is 2.